The van der Waals surface area contributed by atoms with Gasteiger partial charge in [-0.25, -0.2) is 4.98 Å². The Balaban J connectivity index is 2.39. The largest absolute Gasteiger partial charge is 0.330 e. The summed E-state index contributed by atoms with van der Waals surface area (Å²) in [6, 6.07) is 8.31. The van der Waals surface area contributed by atoms with Gasteiger partial charge in [0.1, 0.15) is 0 Å². The van der Waals surface area contributed by atoms with Crippen molar-refractivity contribution in [3.8, 4) is 11.3 Å². The predicted octanol–water partition coefficient (Wildman–Crippen LogP) is 3.64. The van der Waals surface area contributed by atoms with Crippen molar-refractivity contribution in [2.45, 2.75) is 19.8 Å². The highest BCUT2D eigenvalue weighted by Crippen LogP contribution is 2.29. The van der Waals surface area contributed by atoms with Crippen LogP contribution < -0.4 is 5.73 Å². The monoisotopic (exact) mass is 310 g/mol. The highest BCUT2D eigenvalue weighted by Gasteiger charge is 2.11. The van der Waals surface area contributed by atoms with Crippen LogP contribution >= 0.6 is 27.3 Å². The van der Waals surface area contributed by atoms with Crippen molar-refractivity contribution in [1.29, 1.82) is 0 Å². The summed E-state index contributed by atoms with van der Waals surface area (Å²) >= 11 is 5.23. The van der Waals surface area contributed by atoms with E-state index < -0.39 is 0 Å². The van der Waals surface area contributed by atoms with Crippen LogP contribution in [0.3, 0.4) is 0 Å². The molecule has 0 saturated carbocycles. The smallest absolute Gasteiger partial charge is 0.0948 e. The Morgan fingerprint density at radius 3 is 2.59 bits per heavy atom. The minimum atomic E-state index is 0.663. The second kappa shape index (κ2) is 5.76. The molecule has 0 saturated heterocycles. The lowest BCUT2D eigenvalue weighted by atomic mass is 10.1. The number of hydrogen-bond donors (Lipinski definition) is 1. The van der Waals surface area contributed by atoms with E-state index in [-0.39, 0.29) is 0 Å². The first-order valence-electron chi connectivity index (χ1n) is 5.69. The molecule has 0 bridgehead atoms. The molecule has 2 rings (SSSR count). The summed E-state index contributed by atoms with van der Waals surface area (Å²) in [5, 5.41) is 1.14. The maximum Gasteiger partial charge on any atom is 0.0948 e. The molecule has 1 aromatic carbocycles. The highest BCUT2D eigenvalue weighted by atomic mass is 79.9. The molecule has 0 unspecified atom stereocenters. The lowest BCUT2D eigenvalue weighted by Gasteiger charge is -2.00. The van der Waals surface area contributed by atoms with Gasteiger partial charge in [0.15, 0.2) is 0 Å². The molecular weight excluding hydrogens is 296 g/mol. The van der Waals surface area contributed by atoms with Gasteiger partial charge in [-0.2, -0.15) is 0 Å². The van der Waals surface area contributed by atoms with Gasteiger partial charge in [-0.1, -0.05) is 35.0 Å². The predicted molar refractivity (Wildman–Crippen MR) is 77.4 cm³/mol. The van der Waals surface area contributed by atoms with E-state index in [0.29, 0.717) is 6.54 Å². The van der Waals surface area contributed by atoms with Crippen LogP contribution in [0.2, 0.25) is 0 Å². The van der Waals surface area contributed by atoms with Crippen LogP contribution in [0, 0.1) is 0 Å². The van der Waals surface area contributed by atoms with Crippen LogP contribution in [0.5, 0.6) is 0 Å². The number of thiazole rings is 1. The van der Waals surface area contributed by atoms with Crippen LogP contribution in [0.25, 0.3) is 11.3 Å². The Hall–Kier alpha value is -0.710. The van der Waals surface area contributed by atoms with E-state index in [1.54, 1.807) is 11.3 Å². The van der Waals surface area contributed by atoms with Crippen LogP contribution in [-0.2, 0) is 12.8 Å². The molecule has 2 N–H and O–H groups in total. The summed E-state index contributed by atoms with van der Waals surface area (Å²) < 4.78 is 1.09. The van der Waals surface area contributed by atoms with E-state index in [4.69, 9.17) is 10.7 Å². The molecule has 0 aliphatic carbocycles. The fourth-order valence-electron chi connectivity index (χ4n) is 1.70. The minimum Gasteiger partial charge on any atom is -0.330 e. The Kier molecular flexibility index (Phi) is 4.31. The maximum atomic E-state index is 5.58. The van der Waals surface area contributed by atoms with E-state index in [1.807, 2.05) is 0 Å². The number of aromatic nitrogens is 1. The van der Waals surface area contributed by atoms with E-state index >= 15 is 0 Å². The Morgan fingerprint density at radius 2 is 2.00 bits per heavy atom. The van der Waals surface area contributed by atoms with Gasteiger partial charge < -0.3 is 5.73 Å². The van der Waals surface area contributed by atoms with Crippen molar-refractivity contribution in [2.24, 2.45) is 5.73 Å². The number of hydrogen-bond acceptors (Lipinski definition) is 3. The molecule has 0 aliphatic heterocycles. The van der Waals surface area contributed by atoms with Gasteiger partial charge in [0.05, 0.1) is 10.7 Å². The lowest BCUT2D eigenvalue weighted by Crippen LogP contribution is -2.01. The van der Waals surface area contributed by atoms with Crippen LogP contribution in [0.4, 0.5) is 0 Å². The first-order chi connectivity index (χ1) is 8.24. The highest BCUT2D eigenvalue weighted by molar-refractivity contribution is 9.10. The summed E-state index contributed by atoms with van der Waals surface area (Å²) in [6.45, 7) is 2.83. The summed E-state index contributed by atoms with van der Waals surface area (Å²) in [5.41, 5.74) is 7.88. The minimum absolute atomic E-state index is 0.663. The molecule has 90 valence electrons. The van der Waals surface area contributed by atoms with E-state index in [2.05, 4.69) is 47.1 Å². The average molecular weight is 311 g/mol. The third-order valence-electron chi connectivity index (χ3n) is 2.54. The molecule has 0 amide bonds. The Morgan fingerprint density at radius 1 is 1.29 bits per heavy atom. The fourth-order valence-corrected chi connectivity index (χ4v) is 3.01. The molecule has 0 atom stereocenters. The van der Waals surface area contributed by atoms with Crippen molar-refractivity contribution in [2.75, 3.05) is 6.54 Å². The summed E-state index contributed by atoms with van der Waals surface area (Å²) in [7, 11) is 0. The SMILES string of the molecule is CCc1sc(CCN)nc1-c1ccc(Br)cc1. The van der Waals surface area contributed by atoms with Gasteiger partial charge in [0.25, 0.3) is 0 Å². The van der Waals surface area contributed by atoms with Crippen molar-refractivity contribution in [3.63, 3.8) is 0 Å². The van der Waals surface area contributed by atoms with Gasteiger partial charge >= 0.3 is 0 Å². The first-order valence-corrected chi connectivity index (χ1v) is 7.30. The molecule has 4 heteroatoms. The molecule has 0 radical (unpaired) electrons. The third-order valence-corrected chi connectivity index (χ3v) is 4.33. The standard InChI is InChI=1S/C13H15BrN2S/c1-2-11-13(16-12(17-11)7-8-15)9-3-5-10(14)6-4-9/h3-6H,2,7-8,15H2,1H3. The van der Waals surface area contributed by atoms with Crippen molar-refractivity contribution in [1.82, 2.24) is 4.98 Å². The molecule has 0 fully saturated rings. The second-order valence-electron chi connectivity index (χ2n) is 3.78. The van der Waals surface area contributed by atoms with Crippen LogP contribution in [-0.4, -0.2) is 11.5 Å². The zero-order chi connectivity index (χ0) is 12.3. The van der Waals surface area contributed by atoms with Gasteiger partial charge in [-0.3, -0.25) is 0 Å². The zero-order valence-electron chi connectivity index (χ0n) is 9.74. The Bertz CT molecular complexity index is 491. The van der Waals surface area contributed by atoms with Crippen LogP contribution in [0.1, 0.15) is 16.8 Å². The zero-order valence-corrected chi connectivity index (χ0v) is 12.1. The first kappa shape index (κ1) is 12.7. The molecule has 1 heterocycles. The Labute approximate surface area is 114 Å². The van der Waals surface area contributed by atoms with Gasteiger partial charge in [0.2, 0.25) is 0 Å². The number of aryl methyl sites for hydroxylation is 1. The molecular formula is C13H15BrN2S. The number of halogens is 1. The normalized spacial score (nSPS) is 10.8. The van der Waals surface area contributed by atoms with Gasteiger partial charge in [-0.05, 0) is 25.1 Å². The topological polar surface area (TPSA) is 38.9 Å². The maximum absolute atomic E-state index is 5.58. The molecule has 2 aromatic rings. The van der Waals surface area contributed by atoms with Crippen molar-refractivity contribution >= 4 is 27.3 Å². The molecule has 0 spiro atoms. The number of nitrogens with zero attached hydrogens (tertiary/aromatic N) is 1. The van der Waals surface area contributed by atoms with Crippen LogP contribution in [0.15, 0.2) is 28.7 Å². The van der Waals surface area contributed by atoms with Gasteiger partial charge in [0, 0.05) is 21.3 Å². The molecule has 0 aliphatic rings. The van der Waals surface area contributed by atoms with Gasteiger partial charge in [-0.15, -0.1) is 11.3 Å². The molecule has 1 aromatic heterocycles. The molecule has 17 heavy (non-hydrogen) atoms. The van der Waals surface area contributed by atoms with Crippen molar-refractivity contribution in [3.05, 3.63) is 38.6 Å². The number of rotatable bonds is 4. The number of benzene rings is 1. The fraction of sp³-hybridized carbons (Fsp3) is 0.308. The average Bonchev–Trinajstić information content (AvgIpc) is 2.74. The van der Waals surface area contributed by atoms with Crippen molar-refractivity contribution < 1.29 is 0 Å². The number of nitrogens with two attached hydrogens (primary N) is 1. The summed E-state index contributed by atoms with van der Waals surface area (Å²) in [6.07, 6.45) is 1.89. The van der Waals surface area contributed by atoms with E-state index in [9.17, 15) is 0 Å². The second-order valence-corrected chi connectivity index (χ2v) is 5.86. The van der Waals surface area contributed by atoms with E-state index in [0.717, 1.165) is 28.0 Å². The molecule has 2 nitrogen and oxygen atoms in total. The quantitative estimate of drug-likeness (QED) is 0.936. The summed E-state index contributed by atoms with van der Waals surface area (Å²) in [5.74, 6) is 0. The lowest BCUT2D eigenvalue weighted by molar-refractivity contribution is 0.953. The van der Waals surface area contributed by atoms with E-state index in [1.165, 1.54) is 10.4 Å². The third kappa shape index (κ3) is 2.94. The summed E-state index contributed by atoms with van der Waals surface area (Å²) in [4.78, 5) is 6.04.